The van der Waals surface area contributed by atoms with E-state index in [2.05, 4.69) is 28.5 Å². The summed E-state index contributed by atoms with van der Waals surface area (Å²) in [5.41, 5.74) is 3.08. The summed E-state index contributed by atoms with van der Waals surface area (Å²) in [6, 6.07) is 15.9. The lowest BCUT2D eigenvalue weighted by Gasteiger charge is -2.22. The molecular weight excluding hydrogens is 392 g/mol. The van der Waals surface area contributed by atoms with E-state index in [-0.39, 0.29) is 11.9 Å². The minimum atomic E-state index is 0.0943. The van der Waals surface area contributed by atoms with E-state index in [9.17, 15) is 4.79 Å². The third kappa shape index (κ3) is 3.83. The highest BCUT2D eigenvalue weighted by molar-refractivity contribution is 8.01. The van der Waals surface area contributed by atoms with Gasteiger partial charge in [-0.05, 0) is 37.1 Å². The average Bonchev–Trinajstić information content (AvgIpc) is 3.29. The Kier molecular flexibility index (Phi) is 5.50. The van der Waals surface area contributed by atoms with Crippen molar-refractivity contribution in [3.63, 3.8) is 0 Å². The van der Waals surface area contributed by atoms with Crippen LogP contribution in [0.5, 0.6) is 5.75 Å². The molecule has 3 aromatic rings. The van der Waals surface area contributed by atoms with Crippen molar-refractivity contribution in [2.24, 2.45) is 0 Å². The van der Waals surface area contributed by atoms with Crippen LogP contribution >= 0.6 is 23.1 Å². The van der Waals surface area contributed by atoms with Crippen molar-refractivity contribution >= 4 is 45.5 Å². The summed E-state index contributed by atoms with van der Waals surface area (Å²) in [5.74, 6) is 1.17. The molecule has 1 aliphatic rings. The highest BCUT2D eigenvalue weighted by Crippen LogP contribution is 2.34. The molecule has 144 valence electrons. The molecule has 1 aliphatic heterocycles. The minimum absolute atomic E-state index is 0.0943. The lowest BCUT2D eigenvalue weighted by atomic mass is 10.1. The third-order valence-corrected chi connectivity index (χ3v) is 6.51. The fourth-order valence-electron chi connectivity index (χ4n) is 3.32. The Hall–Kier alpha value is -2.58. The van der Waals surface area contributed by atoms with Gasteiger partial charge in [-0.15, -0.1) is 10.2 Å². The second-order valence-corrected chi connectivity index (χ2v) is 8.63. The number of fused-ring (bicyclic) bond motifs is 1. The van der Waals surface area contributed by atoms with Gasteiger partial charge in [0, 0.05) is 11.7 Å². The zero-order valence-corrected chi connectivity index (χ0v) is 17.2. The Morgan fingerprint density at radius 1 is 1.25 bits per heavy atom. The van der Waals surface area contributed by atoms with Crippen molar-refractivity contribution in [2.45, 2.75) is 23.7 Å². The molecule has 2 aromatic carbocycles. The molecule has 0 spiro atoms. The fourth-order valence-corrected chi connectivity index (χ4v) is 4.94. The van der Waals surface area contributed by atoms with Crippen LogP contribution in [0.25, 0.3) is 0 Å². The molecule has 6 nitrogen and oxygen atoms in total. The van der Waals surface area contributed by atoms with E-state index < -0.39 is 0 Å². The summed E-state index contributed by atoms with van der Waals surface area (Å²) >= 11 is 2.84. The third-order valence-electron chi connectivity index (χ3n) is 4.55. The van der Waals surface area contributed by atoms with Crippen molar-refractivity contribution in [3.8, 4) is 5.75 Å². The molecule has 0 bridgehead atoms. The van der Waals surface area contributed by atoms with Crippen molar-refractivity contribution in [1.82, 2.24) is 10.2 Å². The largest absolute Gasteiger partial charge is 0.495 e. The number of ether oxygens (including phenoxy) is 1. The number of hydrogen-bond acceptors (Lipinski definition) is 7. The predicted molar refractivity (Wildman–Crippen MR) is 114 cm³/mol. The highest BCUT2D eigenvalue weighted by Gasteiger charge is 2.30. The highest BCUT2D eigenvalue weighted by atomic mass is 32.2. The van der Waals surface area contributed by atoms with Crippen molar-refractivity contribution in [2.75, 3.05) is 23.1 Å². The van der Waals surface area contributed by atoms with Crippen LogP contribution in [0, 0.1) is 0 Å². The number of para-hydroxylation sites is 3. The standard InChI is InChI=1S/C20H20N4O2S2/c1-13-11-14-7-3-5-9-16(14)24(13)18(25)12-27-20-23-22-19(28-20)21-15-8-4-6-10-17(15)26-2/h3-10,13H,11-12H2,1-2H3,(H,21,22)/t13-/m1/s1. The first kappa shape index (κ1) is 18.8. The van der Waals surface area contributed by atoms with Crippen molar-refractivity contribution in [1.29, 1.82) is 0 Å². The SMILES string of the molecule is COc1ccccc1Nc1nnc(SCC(=O)N2c3ccccc3C[C@H]2C)s1. The van der Waals surface area contributed by atoms with E-state index in [0.29, 0.717) is 10.9 Å². The zero-order chi connectivity index (χ0) is 19.5. The molecule has 0 aliphatic carbocycles. The van der Waals surface area contributed by atoms with Gasteiger partial charge in [-0.3, -0.25) is 4.79 Å². The summed E-state index contributed by atoms with van der Waals surface area (Å²) in [7, 11) is 1.63. The maximum absolute atomic E-state index is 12.8. The Balaban J connectivity index is 1.39. The van der Waals surface area contributed by atoms with Gasteiger partial charge < -0.3 is 15.0 Å². The number of methoxy groups -OCH3 is 1. The first-order chi connectivity index (χ1) is 13.7. The zero-order valence-electron chi connectivity index (χ0n) is 15.6. The van der Waals surface area contributed by atoms with Gasteiger partial charge in [0.2, 0.25) is 11.0 Å². The van der Waals surface area contributed by atoms with Crippen LogP contribution in [0.15, 0.2) is 52.9 Å². The topological polar surface area (TPSA) is 67.3 Å². The number of carbonyl (C=O) groups excluding carboxylic acids is 1. The lowest BCUT2D eigenvalue weighted by molar-refractivity contribution is -0.116. The van der Waals surface area contributed by atoms with E-state index >= 15 is 0 Å². The van der Waals surface area contributed by atoms with Gasteiger partial charge in [-0.25, -0.2) is 0 Å². The number of hydrogen-bond donors (Lipinski definition) is 1. The van der Waals surface area contributed by atoms with Crippen LogP contribution in [0.3, 0.4) is 0 Å². The number of carbonyl (C=O) groups is 1. The first-order valence-electron chi connectivity index (χ1n) is 8.92. The predicted octanol–water partition coefficient (Wildman–Crippen LogP) is 4.36. The monoisotopic (exact) mass is 412 g/mol. The summed E-state index contributed by atoms with van der Waals surface area (Å²) in [5, 5.41) is 12.2. The second kappa shape index (κ2) is 8.20. The number of thioether (sulfide) groups is 1. The lowest BCUT2D eigenvalue weighted by Crippen LogP contribution is -2.36. The normalized spacial score (nSPS) is 15.4. The molecule has 1 amide bonds. The van der Waals surface area contributed by atoms with E-state index in [0.717, 1.165) is 27.9 Å². The number of benzene rings is 2. The van der Waals surface area contributed by atoms with E-state index in [4.69, 9.17) is 4.74 Å². The first-order valence-corrected chi connectivity index (χ1v) is 10.7. The van der Waals surface area contributed by atoms with Crippen LogP contribution in [-0.2, 0) is 11.2 Å². The maximum atomic E-state index is 12.8. The Morgan fingerprint density at radius 2 is 2.04 bits per heavy atom. The van der Waals surface area contributed by atoms with E-state index in [1.165, 1.54) is 28.7 Å². The van der Waals surface area contributed by atoms with Gasteiger partial charge in [0.25, 0.3) is 0 Å². The van der Waals surface area contributed by atoms with Crippen LogP contribution < -0.4 is 15.0 Å². The summed E-state index contributed by atoms with van der Waals surface area (Å²) < 4.78 is 6.09. The van der Waals surface area contributed by atoms with E-state index in [1.54, 1.807) is 7.11 Å². The maximum Gasteiger partial charge on any atom is 0.237 e. The van der Waals surface area contributed by atoms with Crippen LogP contribution in [-0.4, -0.2) is 35.0 Å². The van der Waals surface area contributed by atoms with Gasteiger partial charge in [-0.2, -0.15) is 0 Å². The van der Waals surface area contributed by atoms with Gasteiger partial charge in [0.05, 0.1) is 18.6 Å². The molecule has 0 unspecified atom stereocenters. The Morgan fingerprint density at radius 3 is 2.89 bits per heavy atom. The molecule has 0 saturated carbocycles. The number of aromatic nitrogens is 2. The fraction of sp³-hybridized carbons (Fsp3) is 0.250. The molecule has 0 fully saturated rings. The molecule has 1 atom stereocenters. The molecule has 0 radical (unpaired) electrons. The van der Waals surface area contributed by atoms with Crippen LogP contribution in [0.1, 0.15) is 12.5 Å². The Labute approximate surface area is 171 Å². The number of amides is 1. The number of rotatable bonds is 6. The molecule has 0 saturated heterocycles. The summed E-state index contributed by atoms with van der Waals surface area (Å²) in [4.78, 5) is 14.7. The van der Waals surface area contributed by atoms with Crippen molar-refractivity contribution in [3.05, 3.63) is 54.1 Å². The molecular formula is C20H20N4O2S2. The van der Waals surface area contributed by atoms with E-state index in [1.807, 2.05) is 47.4 Å². The second-order valence-electron chi connectivity index (χ2n) is 6.43. The summed E-state index contributed by atoms with van der Waals surface area (Å²) in [6.45, 7) is 2.09. The van der Waals surface area contributed by atoms with Crippen LogP contribution in [0.2, 0.25) is 0 Å². The molecule has 4 rings (SSSR count). The molecule has 8 heteroatoms. The number of nitrogens with one attached hydrogen (secondary N) is 1. The molecule has 1 N–H and O–H groups in total. The average molecular weight is 413 g/mol. The van der Waals surface area contributed by atoms with Gasteiger partial charge in [0.1, 0.15) is 5.75 Å². The molecule has 28 heavy (non-hydrogen) atoms. The van der Waals surface area contributed by atoms with Gasteiger partial charge in [0.15, 0.2) is 4.34 Å². The van der Waals surface area contributed by atoms with Crippen molar-refractivity contribution < 1.29 is 9.53 Å². The minimum Gasteiger partial charge on any atom is -0.495 e. The molecule has 1 aromatic heterocycles. The smallest absolute Gasteiger partial charge is 0.237 e. The summed E-state index contributed by atoms with van der Waals surface area (Å²) in [6.07, 6.45) is 0.901. The molecule has 2 heterocycles. The quantitative estimate of drug-likeness (QED) is 0.607. The number of nitrogens with zero attached hydrogens (tertiary/aromatic N) is 3. The van der Waals surface area contributed by atoms with Gasteiger partial charge in [-0.1, -0.05) is 53.4 Å². The Bertz CT molecular complexity index is 992. The van der Waals surface area contributed by atoms with Crippen LogP contribution in [0.4, 0.5) is 16.5 Å². The van der Waals surface area contributed by atoms with Gasteiger partial charge >= 0.3 is 0 Å². The number of anilines is 3.